The van der Waals surface area contributed by atoms with Gasteiger partial charge in [-0.3, -0.25) is 9.52 Å². The molecule has 8 heteroatoms. The van der Waals surface area contributed by atoms with Crippen LogP contribution in [0.25, 0.3) is 0 Å². The average Bonchev–Trinajstić information content (AvgIpc) is 2.52. The lowest BCUT2D eigenvalue weighted by atomic mass is 10.2. The maximum absolute atomic E-state index is 12.2. The molecule has 0 heterocycles. The van der Waals surface area contributed by atoms with Crippen LogP contribution in [0.5, 0.6) is 0 Å². The van der Waals surface area contributed by atoms with Crippen molar-refractivity contribution in [1.29, 1.82) is 0 Å². The zero-order chi connectivity index (χ0) is 17.0. The molecule has 0 saturated heterocycles. The summed E-state index contributed by atoms with van der Waals surface area (Å²) >= 11 is 11.9. The van der Waals surface area contributed by atoms with E-state index < -0.39 is 10.0 Å². The molecule has 0 radical (unpaired) electrons. The third-order valence-corrected chi connectivity index (χ3v) is 5.13. The van der Waals surface area contributed by atoms with Gasteiger partial charge in [0.25, 0.3) is 5.91 Å². The van der Waals surface area contributed by atoms with Crippen LogP contribution in [-0.2, 0) is 10.0 Å². The maximum Gasteiger partial charge on any atom is 0.255 e. The Kier molecular flexibility index (Phi) is 5.51. The van der Waals surface area contributed by atoms with E-state index in [2.05, 4.69) is 10.0 Å². The molecule has 0 aliphatic carbocycles. The summed E-state index contributed by atoms with van der Waals surface area (Å²) in [6.45, 7) is 1.54. The van der Waals surface area contributed by atoms with Crippen molar-refractivity contribution in [2.45, 2.75) is 6.92 Å². The van der Waals surface area contributed by atoms with Crippen LogP contribution in [0.4, 0.5) is 11.4 Å². The molecular weight excluding hydrogens is 359 g/mol. The Labute approximate surface area is 144 Å². The molecule has 0 atom stereocenters. The highest BCUT2D eigenvalue weighted by atomic mass is 35.5. The fraction of sp³-hybridized carbons (Fsp3) is 0.133. The third kappa shape index (κ3) is 4.60. The summed E-state index contributed by atoms with van der Waals surface area (Å²) in [5.41, 5.74) is 1.16. The minimum Gasteiger partial charge on any atom is -0.321 e. The molecule has 0 aliphatic rings. The number of hydrogen-bond acceptors (Lipinski definition) is 3. The van der Waals surface area contributed by atoms with E-state index in [1.165, 1.54) is 24.3 Å². The highest BCUT2D eigenvalue weighted by molar-refractivity contribution is 7.92. The first kappa shape index (κ1) is 17.6. The minimum atomic E-state index is -3.35. The second-order valence-electron chi connectivity index (χ2n) is 4.64. The lowest BCUT2D eigenvalue weighted by Crippen LogP contribution is -2.15. The van der Waals surface area contributed by atoms with E-state index in [9.17, 15) is 13.2 Å². The molecule has 0 spiro atoms. The van der Waals surface area contributed by atoms with Crippen LogP contribution in [0.1, 0.15) is 17.3 Å². The van der Waals surface area contributed by atoms with Crippen molar-refractivity contribution >= 4 is 50.5 Å². The van der Waals surface area contributed by atoms with Gasteiger partial charge in [0.2, 0.25) is 10.0 Å². The number of halogens is 2. The molecule has 2 rings (SSSR count). The van der Waals surface area contributed by atoms with Gasteiger partial charge in [0, 0.05) is 11.3 Å². The summed E-state index contributed by atoms with van der Waals surface area (Å²) in [6, 6.07) is 11.0. The second kappa shape index (κ2) is 7.21. The van der Waals surface area contributed by atoms with E-state index in [0.717, 1.165) is 0 Å². The molecule has 2 aromatic carbocycles. The van der Waals surface area contributed by atoms with Gasteiger partial charge in [-0.1, -0.05) is 29.3 Å². The van der Waals surface area contributed by atoms with Crippen LogP contribution in [0.15, 0.2) is 42.5 Å². The van der Waals surface area contributed by atoms with Crippen LogP contribution >= 0.6 is 23.2 Å². The molecule has 0 fully saturated rings. The predicted molar refractivity (Wildman–Crippen MR) is 93.9 cm³/mol. The highest BCUT2D eigenvalue weighted by Gasteiger charge is 2.11. The number of carbonyl (C=O) groups is 1. The lowest BCUT2D eigenvalue weighted by molar-refractivity contribution is 0.102. The Balaban J connectivity index is 2.13. The Morgan fingerprint density at radius 3 is 2.35 bits per heavy atom. The monoisotopic (exact) mass is 372 g/mol. The standard InChI is InChI=1S/C15H14Cl2N2O3S/c1-2-23(21,22)19-11-8-6-10(7-9-11)15(20)18-13-5-3-4-12(16)14(13)17/h3-9,19H,2H2,1H3,(H,18,20). The van der Waals surface area contributed by atoms with Gasteiger partial charge in [-0.15, -0.1) is 0 Å². The van der Waals surface area contributed by atoms with Crippen LogP contribution < -0.4 is 10.0 Å². The summed E-state index contributed by atoms with van der Waals surface area (Å²) in [4.78, 5) is 12.2. The van der Waals surface area contributed by atoms with Gasteiger partial charge in [0.1, 0.15) is 0 Å². The molecule has 23 heavy (non-hydrogen) atoms. The van der Waals surface area contributed by atoms with Crippen molar-refractivity contribution in [3.05, 3.63) is 58.1 Å². The number of benzene rings is 2. The van der Waals surface area contributed by atoms with Crippen LogP contribution in [0, 0.1) is 0 Å². The largest absolute Gasteiger partial charge is 0.321 e. The van der Waals surface area contributed by atoms with Gasteiger partial charge in [-0.25, -0.2) is 8.42 Å². The van der Waals surface area contributed by atoms with E-state index in [1.54, 1.807) is 25.1 Å². The van der Waals surface area contributed by atoms with Gasteiger partial charge in [0.05, 0.1) is 21.5 Å². The number of amides is 1. The number of carbonyl (C=O) groups excluding carboxylic acids is 1. The van der Waals surface area contributed by atoms with Crippen molar-refractivity contribution < 1.29 is 13.2 Å². The van der Waals surface area contributed by atoms with E-state index in [-0.39, 0.29) is 16.7 Å². The average molecular weight is 373 g/mol. The molecule has 0 unspecified atom stereocenters. The first-order valence-corrected chi connectivity index (χ1v) is 9.09. The molecule has 0 saturated carbocycles. The second-order valence-corrected chi connectivity index (χ2v) is 7.43. The SMILES string of the molecule is CCS(=O)(=O)Nc1ccc(C(=O)Nc2cccc(Cl)c2Cl)cc1. The van der Waals surface area contributed by atoms with Crippen molar-refractivity contribution in [3.63, 3.8) is 0 Å². The Morgan fingerprint density at radius 1 is 1.09 bits per heavy atom. The summed E-state index contributed by atoms with van der Waals surface area (Å²) < 4.78 is 25.4. The molecular formula is C15H14Cl2N2O3S. The molecule has 1 amide bonds. The van der Waals surface area contributed by atoms with E-state index in [1.807, 2.05) is 0 Å². The summed E-state index contributed by atoms with van der Waals surface area (Å²) in [5, 5.41) is 3.25. The predicted octanol–water partition coefficient (Wildman–Crippen LogP) is 4.01. The Bertz CT molecular complexity index is 821. The van der Waals surface area contributed by atoms with Crippen molar-refractivity contribution in [2.24, 2.45) is 0 Å². The zero-order valence-corrected chi connectivity index (χ0v) is 14.5. The number of nitrogens with one attached hydrogen (secondary N) is 2. The minimum absolute atomic E-state index is 0.0253. The molecule has 122 valence electrons. The third-order valence-electron chi connectivity index (χ3n) is 3.00. The van der Waals surface area contributed by atoms with Crippen molar-refractivity contribution in [2.75, 3.05) is 15.8 Å². The molecule has 2 N–H and O–H groups in total. The van der Waals surface area contributed by atoms with Crippen LogP contribution in [0.3, 0.4) is 0 Å². The van der Waals surface area contributed by atoms with Crippen molar-refractivity contribution in [1.82, 2.24) is 0 Å². The van der Waals surface area contributed by atoms with E-state index >= 15 is 0 Å². The molecule has 0 aliphatic heterocycles. The van der Waals surface area contributed by atoms with Crippen LogP contribution in [0.2, 0.25) is 10.0 Å². The fourth-order valence-corrected chi connectivity index (χ4v) is 2.72. The Hall–Kier alpha value is -1.76. The summed E-state index contributed by atoms with van der Waals surface area (Å²) in [6.07, 6.45) is 0. The molecule has 0 bridgehead atoms. The van der Waals surface area contributed by atoms with Gasteiger partial charge >= 0.3 is 0 Å². The first-order chi connectivity index (χ1) is 10.8. The van der Waals surface area contributed by atoms with E-state index in [4.69, 9.17) is 23.2 Å². The zero-order valence-electron chi connectivity index (χ0n) is 12.1. The number of sulfonamides is 1. The lowest BCUT2D eigenvalue weighted by Gasteiger charge is -2.09. The maximum atomic E-state index is 12.2. The quantitative estimate of drug-likeness (QED) is 0.832. The van der Waals surface area contributed by atoms with Gasteiger partial charge in [0.15, 0.2) is 0 Å². The first-order valence-electron chi connectivity index (χ1n) is 6.68. The van der Waals surface area contributed by atoms with Crippen molar-refractivity contribution in [3.8, 4) is 0 Å². The number of anilines is 2. The summed E-state index contributed by atoms with van der Waals surface area (Å²) in [7, 11) is -3.35. The fourth-order valence-electron chi connectivity index (χ4n) is 1.74. The number of rotatable bonds is 5. The topological polar surface area (TPSA) is 75.3 Å². The Morgan fingerprint density at radius 2 is 1.74 bits per heavy atom. The van der Waals surface area contributed by atoms with Crippen LogP contribution in [-0.4, -0.2) is 20.1 Å². The smallest absolute Gasteiger partial charge is 0.255 e. The van der Waals surface area contributed by atoms with Gasteiger partial charge in [-0.05, 0) is 43.3 Å². The normalized spacial score (nSPS) is 11.1. The number of hydrogen-bond donors (Lipinski definition) is 2. The van der Waals surface area contributed by atoms with Gasteiger partial charge < -0.3 is 5.32 Å². The molecule has 2 aromatic rings. The summed E-state index contributed by atoms with van der Waals surface area (Å²) in [5.74, 6) is -0.401. The molecule has 5 nitrogen and oxygen atoms in total. The molecule has 0 aromatic heterocycles. The highest BCUT2D eigenvalue weighted by Crippen LogP contribution is 2.29. The van der Waals surface area contributed by atoms with E-state index in [0.29, 0.717) is 22.0 Å². The van der Waals surface area contributed by atoms with Gasteiger partial charge in [-0.2, -0.15) is 0 Å².